The van der Waals surface area contributed by atoms with Crippen LogP contribution in [0, 0.1) is 0 Å². The zero-order valence-electron chi connectivity index (χ0n) is 19.6. The van der Waals surface area contributed by atoms with Crippen molar-refractivity contribution in [3.8, 4) is 28.5 Å². The monoisotopic (exact) mass is 497 g/mol. The molecule has 2 heterocycles. The van der Waals surface area contributed by atoms with E-state index < -0.39 is 18.0 Å². The van der Waals surface area contributed by atoms with Gasteiger partial charge in [-0.05, 0) is 42.0 Å². The Bertz CT molecular complexity index is 1410. The summed E-state index contributed by atoms with van der Waals surface area (Å²) in [6, 6.07) is 23.7. The molecule has 3 aromatic carbocycles. The largest absolute Gasteiger partial charge is 0.454 e. The van der Waals surface area contributed by atoms with Crippen molar-refractivity contribution in [3.63, 3.8) is 0 Å². The molecule has 1 atom stereocenters. The fraction of sp³-hybridized carbons (Fsp3) is 0.111. The molecule has 0 aliphatic carbocycles. The first-order valence-corrected chi connectivity index (χ1v) is 11.5. The molecular formula is C27H23N5O5. The lowest BCUT2D eigenvalue weighted by Gasteiger charge is -2.14. The number of ether oxygens (including phenoxy) is 3. The number of esters is 1. The fourth-order valence-corrected chi connectivity index (χ4v) is 3.70. The molecule has 0 saturated heterocycles. The van der Waals surface area contributed by atoms with Gasteiger partial charge in [0.25, 0.3) is 0 Å². The highest BCUT2D eigenvalue weighted by atomic mass is 16.7. The lowest BCUT2D eigenvalue weighted by molar-refractivity contribution is -0.134. The molecule has 1 aromatic heterocycles. The predicted molar refractivity (Wildman–Crippen MR) is 136 cm³/mol. The number of para-hydroxylation sites is 2. The van der Waals surface area contributed by atoms with Crippen molar-refractivity contribution in [2.24, 2.45) is 5.73 Å². The molecule has 5 rings (SSSR count). The molecule has 0 radical (unpaired) electrons. The third kappa shape index (κ3) is 5.82. The number of anilines is 2. The van der Waals surface area contributed by atoms with Crippen molar-refractivity contribution in [1.29, 1.82) is 0 Å². The maximum Gasteiger partial charge on any atom is 0.325 e. The van der Waals surface area contributed by atoms with E-state index in [1.807, 2.05) is 30.3 Å². The number of hydrogen-bond acceptors (Lipinski definition) is 8. The Balaban J connectivity index is 1.18. The second-order valence-electron chi connectivity index (χ2n) is 8.14. The minimum absolute atomic E-state index is 0.0798. The first-order valence-electron chi connectivity index (χ1n) is 11.5. The van der Waals surface area contributed by atoms with Gasteiger partial charge in [-0.3, -0.25) is 10.1 Å². The standard InChI is InChI=1S/C27H23N5O5/c28-19(18-10-12-23-24(14-18)36-16-35-23)15-26(33)37-22-9-5-4-8-21(22)29-27(34)30-25-13-11-20(31-32-25)17-6-2-1-3-7-17/h1-14,19H,15-16,28H2,(H2,29,30,32,34). The van der Waals surface area contributed by atoms with E-state index in [4.69, 9.17) is 19.9 Å². The summed E-state index contributed by atoms with van der Waals surface area (Å²) in [5, 5.41) is 13.5. The van der Waals surface area contributed by atoms with Gasteiger partial charge in [0.15, 0.2) is 23.1 Å². The van der Waals surface area contributed by atoms with Crippen molar-refractivity contribution in [1.82, 2.24) is 10.2 Å². The second kappa shape index (κ2) is 10.8. The summed E-state index contributed by atoms with van der Waals surface area (Å²) in [6.45, 7) is 0.152. The summed E-state index contributed by atoms with van der Waals surface area (Å²) < 4.78 is 16.2. The molecule has 0 bridgehead atoms. The molecule has 1 aliphatic rings. The van der Waals surface area contributed by atoms with Crippen LogP contribution >= 0.6 is 0 Å². The van der Waals surface area contributed by atoms with Gasteiger partial charge < -0.3 is 25.3 Å². The summed E-state index contributed by atoms with van der Waals surface area (Å²) in [7, 11) is 0. The number of benzene rings is 3. The Morgan fingerprint density at radius 1 is 0.892 bits per heavy atom. The highest BCUT2D eigenvalue weighted by molar-refractivity contribution is 6.00. The molecule has 0 saturated carbocycles. The van der Waals surface area contributed by atoms with E-state index in [0.29, 0.717) is 28.4 Å². The van der Waals surface area contributed by atoms with Crippen molar-refractivity contribution in [3.05, 3.63) is 90.5 Å². The zero-order chi connectivity index (χ0) is 25.6. The van der Waals surface area contributed by atoms with E-state index in [1.54, 1.807) is 54.6 Å². The summed E-state index contributed by atoms with van der Waals surface area (Å²) in [6.07, 6.45) is -0.0798. The average molecular weight is 498 g/mol. The van der Waals surface area contributed by atoms with Crippen LogP contribution in [0.5, 0.6) is 17.2 Å². The van der Waals surface area contributed by atoms with E-state index in [9.17, 15) is 9.59 Å². The first kappa shape index (κ1) is 23.8. The average Bonchev–Trinajstić information content (AvgIpc) is 3.39. The number of nitrogens with zero attached hydrogens (tertiary/aromatic N) is 2. The molecule has 0 spiro atoms. The lowest BCUT2D eigenvalue weighted by Crippen LogP contribution is -2.22. The molecule has 10 nitrogen and oxygen atoms in total. The number of rotatable bonds is 7. The number of fused-ring (bicyclic) bond motifs is 1. The predicted octanol–water partition coefficient (Wildman–Crippen LogP) is 4.51. The van der Waals surface area contributed by atoms with Crippen LogP contribution in [-0.2, 0) is 4.79 Å². The van der Waals surface area contributed by atoms with Crippen LogP contribution in [0.2, 0.25) is 0 Å². The molecule has 0 fully saturated rings. The van der Waals surface area contributed by atoms with Gasteiger partial charge in [-0.25, -0.2) is 4.79 Å². The van der Waals surface area contributed by atoms with Gasteiger partial charge in [0.2, 0.25) is 6.79 Å². The number of carbonyl (C=O) groups excluding carboxylic acids is 2. The summed E-state index contributed by atoms with van der Waals surface area (Å²) in [5.74, 6) is 1.12. The van der Waals surface area contributed by atoms with Gasteiger partial charge in [-0.15, -0.1) is 10.2 Å². The molecule has 1 unspecified atom stereocenters. The number of carbonyl (C=O) groups is 2. The molecule has 1 aliphatic heterocycles. The van der Waals surface area contributed by atoms with Crippen LogP contribution in [-0.4, -0.2) is 29.0 Å². The van der Waals surface area contributed by atoms with Crippen molar-refractivity contribution < 1.29 is 23.8 Å². The molecule has 4 N–H and O–H groups in total. The van der Waals surface area contributed by atoms with Crippen LogP contribution in [0.25, 0.3) is 11.3 Å². The van der Waals surface area contributed by atoms with E-state index in [1.165, 1.54) is 0 Å². The molecule has 10 heteroatoms. The zero-order valence-corrected chi connectivity index (χ0v) is 19.6. The van der Waals surface area contributed by atoms with Crippen LogP contribution in [0.3, 0.4) is 0 Å². The maximum atomic E-state index is 12.6. The Morgan fingerprint density at radius 3 is 2.49 bits per heavy atom. The third-order valence-electron chi connectivity index (χ3n) is 5.55. The summed E-state index contributed by atoms with van der Waals surface area (Å²) in [5.41, 5.74) is 8.82. The Kier molecular flexibility index (Phi) is 6.91. The van der Waals surface area contributed by atoms with Crippen LogP contribution in [0.4, 0.5) is 16.3 Å². The normalized spacial score (nSPS) is 12.5. The Labute approximate surface area is 212 Å². The van der Waals surface area contributed by atoms with E-state index >= 15 is 0 Å². The molecule has 4 aromatic rings. The van der Waals surface area contributed by atoms with Gasteiger partial charge >= 0.3 is 12.0 Å². The van der Waals surface area contributed by atoms with Crippen molar-refractivity contribution in [2.45, 2.75) is 12.5 Å². The molecule has 2 amide bonds. The number of amides is 2. The number of urea groups is 1. The van der Waals surface area contributed by atoms with Crippen LogP contribution in [0.15, 0.2) is 84.9 Å². The van der Waals surface area contributed by atoms with Gasteiger partial charge in [-0.1, -0.05) is 48.5 Å². The van der Waals surface area contributed by atoms with Crippen molar-refractivity contribution in [2.75, 3.05) is 17.4 Å². The van der Waals surface area contributed by atoms with E-state index in [2.05, 4.69) is 20.8 Å². The van der Waals surface area contributed by atoms with Crippen molar-refractivity contribution >= 4 is 23.5 Å². The van der Waals surface area contributed by atoms with Gasteiger partial charge in [0, 0.05) is 11.6 Å². The minimum atomic E-state index is -0.608. The number of hydrogen-bond donors (Lipinski definition) is 3. The highest BCUT2D eigenvalue weighted by Gasteiger charge is 2.20. The number of nitrogens with one attached hydrogen (secondary N) is 2. The number of aromatic nitrogens is 2. The second-order valence-corrected chi connectivity index (χ2v) is 8.14. The van der Waals surface area contributed by atoms with E-state index in [0.717, 1.165) is 5.56 Å². The first-order chi connectivity index (χ1) is 18.0. The van der Waals surface area contributed by atoms with Gasteiger partial charge in [-0.2, -0.15) is 0 Å². The third-order valence-corrected chi connectivity index (χ3v) is 5.55. The Hall–Kier alpha value is -4.96. The Morgan fingerprint density at radius 2 is 1.68 bits per heavy atom. The van der Waals surface area contributed by atoms with Crippen LogP contribution in [0.1, 0.15) is 18.0 Å². The van der Waals surface area contributed by atoms with Crippen LogP contribution < -0.4 is 30.6 Å². The quantitative estimate of drug-likeness (QED) is 0.250. The fourth-order valence-electron chi connectivity index (χ4n) is 3.70. The molecule has 186 valence electrons. The smallest absolute Gasteiger partial charge is 0.325 e. The topological polar surface area (TPSA) is 138 Å². The van der Waals surface area contributed by atoms with Gasteiger partial charge in [0.05, 0.1) is 17.8 Å². The molecule has 37 heavy (non-hydrogen) atoms. The summed E-state index contributed by atoms with van der Waals surface area (Å²) >= 11 is 0. The number of nitrogens with two attached hydrogens (primary N) is 1. The SMILES string of the molecule is NC(CC(=O)Oc1ccccc1NC(=O)Nc1ccc(-c2ccccc2)nn1)c1ccc2c(c1)OCO2. The van der Waals surface area contributed by atoms with Gasteiger partial charge in [0.1, 0.15) is 0 Å². The lowest BCUT2D eigenvalue weighted by atomic mass is 10.0. The molecular weight excluding hydrogens is 474 g/mol. The summed E-state index contributed by atoms with van der Waals surface area (Å²) in [4.78, 5) is 25.2. The maximum absolute atomic E-state index is 12.6. The minimum Gasteiger partial charge on any atom is -0.454 e. The van der Waals surface area contributed by atoms with E-state index in [-0.39, 0.29) is 24.8 Å². The highest BCUT2D eigenvalue weighted by Crippen LogP contribution is 2.34.